The number of methoxy groups -OCH3 is 1. The number of likely N-dealkylation sites (N-methyl/N-ethyl adjacent to an activating group) is 1. The molecule has 18 nitrogen and oxygen atoms in total. The molecular weight excluding hydrogens is 919 g/mol. The van der Waals surface area contributed by atoms with Gasteiger partial charge in [-0.2, -0.15) is 0 Å². The predicted octanol–water partition coefficient (Wildman–Crippen LogP) is 5.82. The number of anilines is 1. The van der Waals surface area contributed by atoms with E-state index >= 15 is 0 Å². The molecule has 0 unspecified atom stereocenters. The Kier molecular flexibility index (Phi) is 15.5. The van der Waals surface area contributed by atoms with E-state index in [1.165, 1.54) is 16.0 Å². The zero-order valence-corrected chi connectivity index (χ0v) is 44.1. The molecule has 5 amide bonds. The molecule has 8 rings (SSSR count). The number of hydrogen-bond donors (Lipinski definition) is 2. The number of amides is 5. The van der Waals surface area contributed by atoms with Gasteiger partial charge >= 0.3 is 12.0 Å². The maximum atomic E-state index is 14.8. The van der Waals surface area contributed by atoms with Crippen molar-refractivity contribution in [3.63, 3.8) is 0 Å². The van der Waals surface area contributed by atoms with Crippen LogP contribution in [0.4, 0.5) is 10.5 Å². The number of nitrogens with zero attached hydrogens (tertiary/aromatic N) is 7. The summed E-state index contributed by atoms with van der Waals surface area (Å²) < 4.78 is 27.3. The van der Waals surface area contributed by atoms with Gasteiger partial charge in [0.25, 0.3) is 5.91 Å². The molecule has 18 heteroatoms. The summed E-state index contributed by atoms with van der Waals surface area (Å²) in [7, 11) is 3.32. The zero-order valence-electron chi connectivity index (χ0n) is 44.1. The summed E-state index contributed by atoms with van der Waals surface area (Å²) in [4.78, 5) is 82.6. The van der Waals surface area contributed by atoms with Crippen LogP contribution in [0, 0.1) is 11.3 Å². The highest BCUT2D eigenvalue weighted by Crippen LogP contribution is 2.43. The smallest absolute Gasteiger partial charge is 0.324 e. The average molecular weight is 996 g/mol. The quantitative estimate of drug-likeness (QED) is 0.194. The lowest BCUT2D eigenvalue weighted by Gasteiger charge is -2.42. The number of benzene rings is 1. The molecule has 72 heavy (non-hydrogen) atoms. The fraction of sp³-hybridized carbons (Fsp3) is 0.630. The number of carbonyl (C=O) groups excluding carboxylic acids is 5. The highest BCUT2D eigenvalue weighted by molar-refractivity contribution is 5.95. The maximum absolute atomic E-state index is 14.8. The molecule has 1 aromatic carbocycles. The van der Waals surface area contributed by atoms with Crippen LogP contribution in [0.3, 0.4) is 0 Å². The van der Waals surface area contributed by atoms with E-state index in [2.05, 4.69) is 71.8 Å². The third-order valence-corrected chi connectivity index (χ3v) is 15.5. The van der Waals surface area contributed by atoms with Crippen molar-refractivity contribution in [1.82, 2.24) is 40.0 Å². The highest BCUT2D eigenvalue weighted by Gasteiger charge is 2.53. The summed E-state index contributed by atoms with van der Waals surface area (Å²) in [5.74, 6) is -1.85. The van der Waals surface area contributed by atoms with Gasteiger partial charge in [0.05, 0.1) is 49.0 Å². The number of aryl methyl sites for hydroxylation is 1. The van der Waals surface area contributed by atoms with Gasteiger partial charge in [0.1, 0.15) is 23.9 Å². The minimum Gasteiger partial charge on any atom is -0.464 e. The van der Waals surface area contributed by atoms with Gasteiger partial charge in [0.2, 0.25) is 11.8 Å². The topological polar surface area (TPSA) is 180 Å². The van der Waals surface area contributed by atoms with Gasteiger partial charge in [-0.25, -0.2) is 10.2 Å². The van der Waals surface area contributed by atoms with Crippen molar-refractivity contribution in [3.8, 4) is 11.3 Å². The Morgan fingerprint density at radius 2 is 1.82 bits per heavy atom. The maximum Gasteiger partial charge on any atom is 0.324 e. The number of piperidine rings is 1. The predicted molar refractivity (Wildman–Crippen MR) is 273 cm³/mol. The van der Waals surface area contributed by atoms with Gasteiger partial charge in [-0.05, 0) is 108 Å². The number of rotatable bonds is 9. The minimum absolute atomic E-state index is 0.135. The van der Waals surface area contributed by atoms with E-state index in [9.17, 15) is 24.0 Å². The molecule has 5 aliphatic heterocycles. The third kappa shape index (κ3) is 10.6. The number of carbonyl (C=O) groups is 5. The molecule has 7 heterocycles. The first-order valence-electron chi connectivity index (χ1n) is 25.9. The van der Waals surface area contributed by atoms with Crippen molar-refractivity contribution in [2.24, 2.45) is 11.3 Å². The molecule has 3 aromatic rings. The molecule has 1 spiro atoms. The Hall–Kier alpha value is -5.56. The van der Waals surface area contributed by atoms with Gasteiger partial charge in [-0.3, -0.25) is 29.2 Å². The van der Waals surface area contributed by atoms with Crippen LogP contribution >= 0.6 is 0 Å². The Balaban J connectivity index is 1.08. The van der Waals surface area contributed by atoms with Crippen molar-refractivity contribution < 1.29 is 42.9 Å². The molecular formula is C54H77N9O9. The highest BCUT2D eigenvalue weighted by atomic mass is 16.6. The zero-order chi connectivity index (χ0) is 51.9. The monoisotopic (exact) mass is 996 g/mol. The lowest BCUT2D eigenvalue weighted by atomic mass is 9.84. The Bertz CT molecular complexity index is 2530. The Morgan fingerprint density at radius 3 is 2.51 bits per heavy atom. The van der Waals surface area contributed by atoms with E-state index in [0.717, 1.165) is 39.1 Å². The van der Waals surface area contributed by atoms with E-state index < -0.39 is 58.8 Å². The molecule has 4 saturated heterocycles. The summed E-state index contributed by atoms with van der Waals surface area (Å²) in [6, 6.07) is 7.54. The van der Waals surface area contributed by atoms with E-state index in [1.807, 2.05) is 40.7 Å². The summed E-state index contributed by atoms with van der Waals surface area (Å²) in [5.41, 5.74) is 7.34. The SMILES string of the molecule is C=CC(=O)N1CC2(CCN(C(=O)N(C)[C@H](C(=O)N[C@H]3C[C@H]4CN(CCO4)c4ccc5c(c4)c(c(-c4cccnc4[C@H](C)OC)n5CC)CC(C)(C)COC(=O)[C@@H]4CCCN(N4)C3=O)C(C)C)CC2)OC1(C)C. The first-order valence-corrected chi connectivity index (χ1v) is 25.9. The number of esters is 1. The van der Waals surface area contributed by atoms with Crippen molar-refractivity contribution in [2.45, 2.75) is 142 Å². The molecule has 4 fully saturated rings. The van der Waals surface area contributed by atoms with E-state index in [-0.39, 0.29) is 37.0 Å². The number of urea groups is 1. The molecule has 5 atom stereocenters. The van der Waals surface area contributed by atoms with Crippen molar-refractivity contribution in [3.05, 3.63) is 60.4 Å². The number of morpholine rings is 1. The van der Waals surface area contributed by atoms with Crippen molar-refractivity contribution in [2.75, 3.05) is 71.5 Å². The number of cyclic esters (lactones) is 1. The number of pyridine rings is 1. The third-order valence-electron chi connectivity index (χ3n) is 15.5. The van der Waals surface area contributed by atoms with Crippen molar-refractivity contribution >= 4 is 46.3 Å². The van der Waals surface area contributed by atoms with E-state index in [4.69, 9.17) is 23.9 Å². The van der Waals surface area contributed by atoms with E-state index in [0.29, 0.717) is 84.5 Å². The second kappa shape index (κ2) is 21.1. The second-order valence-electron chi connectivity index (χ2n) is 22.0. The molecule has 0 saturated carbocycles. The lowest BCUT2D eigenvalue weighted by molar-refractivity contribution is -0.156. The Morgan fingerprint density at radius 1 is 1.07 bits per heavy atom. The number of aromatic nitrogens is 2. The first-order chi connectivity index (χ1) is 34.2. The van der Waals surface area contributed by atoms with Gasteiger partial charge in [-0.1, -0.05) is 34.3 Å². The average Bonchev–Trinajstić information content (AvgIpc) is 3.82. The number of hydrazine groups is 1. The van der Waals surface area contributed by atoms with Gasteiger partial charge in [0, 0.05) is 93.6 Å². The lowest BCUT2D eigenvalue weighted by Crippen LogP contribution is -2.63. The summed E-state index contributed by atoms with van der Waals surface area (Å²) >= 11 is 0. The molecule has 5 aliphatic rings. The Labute approximate surface area is 424 Å². The second-order valence-corrected chi connectivity index (χ2v) is 22.0. The van der Waals surface area contributed by atoms with Gasteiger partial charge < -0.3 is 48.4 Å². The fourth-order valence-electron chi connectivity index (χ4n) is 11.7. The largest absolute Gasteiger partial charge is 0.464 e. The number of hydrogen-bond acceptors (Lipinski definition) is 12. The molecule has 2 N–H and O–H groups in total. The number of ether oxygens (including phenoxy) is 4. The molecule has 6 bridgehead atoms. The van der Waals surface area contributed by atoms with Gasteiger partial charge in [-0.15, -0.1) is 0 Å². The van der Waals surface area contributed by atoms with Crippen LogP contribution in [0.25, 0.3) is 22.2 Å². The number of nitrogens with one attached hydrogen (secondary N) is 2. The number of fused-ring (bicyclic) bond motifs is 6. The van der Waals surface area contributed by atoms with Crippen LogP contribution in [0.2, 0.25) is 0 Å². The summed E-state index contributed by atoms with van der Waals surface area (Å²) in [6.07, 6.45) is 5.15. The summed E-state index contributed by atoms with van der Waals surface area (Å²) in [6.45, 7) is 23.3. The van der Waals surface area contributed by atoms with Crippen LogP contribution in [0.1, 0.15) is 105 Å². The first kappa shape index (κ1) is 52.8. The van der Waals surface area contributed by atoms with Crippen LogP contribution in [0.15, 0.2) is 49.2 Å². The number of likely N-dealkylation sites (tertiary alicyclic amines) is 1. The van der Waals surface area contributed by atoms with Crippen LogP contribution in [0.5, 0.6) is 0 Å². The summed E-state index contributed by atoms with van der Waals surface area (Å²) in [5, 5.41) is 5.63. The molecule has 0 radical (unpaired) electrons. The normalized spacial score (nSPS) is 24.2. The standard InChI is InChI=1S/C54H77N9O9/c1-12-44(64)62-32-54(72-53(62,8)9)20-24-59(25-21-54)51(68)58(10)46(34(3)4)48(65)56-42-29-37-31-60(26-27-70-37)36-18-19-43-39(28-36)40(47(61(43)13-2)38-16-14-22-55-45(38)35(5)69-11)30-52(6,7)33-71-50(67)41-17-15-23-63(57-41)49(42)66/h12,14,16,18-19,22,28,34-35,37,41-42,46,57H,1,13,15,17,20-21,23-27,29-33H2,2-11H3,(H,56,65)/t35-,37-,41-,42-,46-/m0/s1. The van der Waals surface area contributed by atoms with Gasteiger partial charge in [0.15, 0.2) is 0 Å². The van der Waals surface area contributed by atoms with Crippen LogP contribution in [-0.4, -0.2) is 161 Å². The van der Waals surface area contributed by atoms with Crippen LogP contribution < -0.4 is 15.6 Å². The minimum atomic E-state index is -1.07. The molecule has 0 aliphatic carbocycles. The molecule has 2 aromatic heterocycles. The molecule has 392 valence electrons. The van der Waals surface area contributed by atoms with Crippen LogP contribution in [-0.2, 0) is 51.1 Å². The van der Waals surface area contributed by atoms with E-state index in [1.54, 1.807) is 30.2 Å². The van der Waals surface area contributed by atoms with Crippen molar-refractivity contribution in [1.29, 1.82) is 0 Å². The fourth-order valence-corrected chi connectivity index (χ4v) is 11.7.